The van der Waals surface area contributed by atoms with E-state index in [1.165, 1.54) is 29.0 Å². The molecule has 2 N–H and O–H groups in total. The van der Waals surface area contributed by atoms with Gasteiger partial charge in [-0.1, -0.05) is 26.0 Å². The molecule has 0 aromatic heterocycles. The lowest BCUT2D eigenvalue weighted by molar-refractivity contribution is -0.903. The maximum Gasteiger partial charge on any atom is 0.126 e. The quantitative estimate of drug-likeness (QED) is 0.652. The number of benzene rings is 1. The highest BCUT2D eigenvalue weighted by molar-refractivity contribution is 5.50. The van der Waals surface area contributed by atoms with Gasteiger partial charge in [-0.25, -0.2) is 0 Å². The van der Waals surface area contributed by atoms with Gasteiger partial charge in [-0.15, -0.1) is 0 Å². The molecule has 1 saturated heterocycles. The predicted molar refractivity (Wildman–Crippen MR) is 116 cm³/mol. The van der Waals surface area contributed by atoms with Crippen LogP contribution in [0.2, 0.25) is 0 Å². The highest BCUT2D eigenvalue weighted by atomic mass is 16.5. The van der Waals surface area contributed by atoms with Crippen molar-refractivity contribution in [2.24, 2.45) is 17.3 Å². The van der Waals surface area contributed by atoms with Gasteiger partial charge in [0.1, 0.15) is 18.4 Å². The van der Waals surface area contributed by atoms with E-state index in [-0.39, 0.29) is 6.10 Å². The number of nitrogens with zero attached hydrogens (tertiary/aromatic N) is 1. The summed E-state index contributed by atoms with van der Waals surface area (Å²) in [5.41, 5.74) is 3.12. The molecule has 1 heterocycles. The van der Waals surface area contributed by atoms with Gasteiger partial charge in [-0.2, -0.15) is 0 Å². The molecule has 1 aromatic rings. The smallest absolute Gasteiger partial charge is 0.126 e. The number of aliphatic hydroxyl groups is 1. The fourth-order valence-corrected chi connectivity index (χ4v) is 5.44. The summed E-state index contributed by atoms with van der Waals surface area (Å²) < 4.78 is 11.3. The average molecular weight is 402 g/mol. The van der Waals surface area contributed by atoms with Crippen LogP contribution in [-0.4, -0.2) is 64.3 Å². The van der Waals surface area contributed by atoms with E-state index in [0.29, 0.717) is 24.5 Å². The number of piperazine rings is 1. The van der Waals surface area contributed by atoms with E-state index in [0.717, 1.165) is 44.4 Å². The van der Waals surface area contributed by atoms with E-state index in [2.05, 4.69) is 37.0 Å². The molecule has 1 aliphatic heterocycles. The second kappa shape index (κ2) is 8.66. The van der Waals surface area contributed by atoms with Crippen molar-refractivity contribution in [3.63, 3.8) is 0 Å². The summed E-state index contributed by atoms with van der Waals surface area (Å²) >= 11 is 0. The molecule has 29 heavy (non-hydrogen) atoms. The zero-order valence-corrected chi connectivity index (χ0v) is 18.2. The summed E-state index contributed by atoms with van der Waals surface area (Å²) in [6.45, 7) is 10.8. The number of nitrogens with one attached hydrogen (secondary N) is 1. The van der Waals surface area contributed by atoms with Crippen LogP contribution >= 0.6 is 0 Å². The summed E-state index contributed by atoms with van der Waals surface area (Å²) in [6, 6.07) is 8.26. The fourth-order valence-electron chi connectivity index (χ4n) is 5.44. The van der Waals surface area contributed by atoms with Crippen molar-refractivity contribution in [3.8, 4) is 5.75 Å². The van der Waals surface area contributed by atoms with Crippen LogP contribution < -0.4 is 14.5 Å². The molecule has 2 fully saturated rings. The Balaban J connectivity index is 1.17. The molecule has 4 aliphatic rings. The third kappa shape index (κ3) is 4.47. The van der Waals surface area contributed by atoms with Gasteiger partial charge in [-0.3, -0.25) is 0 Å². The molecule has 0 spiro atoms. The van der Waals surface area contributed by atoms with Gasteiger partial charge in [0.15, 0.2) is 0 Å². The Kier molecular flexibility index (Phi) is 6.19. The maximum atomic E-state index is 10.5. The first-order valence-corrected chi connectivity index (χ1v) is 11.1. The molecule has 160 valence electrons. The molecule has 1 saturated carbocycles. The van der Waals surface area contributed by atoms with Crippen molar-refractivity contribution in [1.29, 1.82) is 0 Å². The van der Waals surface area contributed by atoms with Gasteiger partial charge >= 0.3 is 0 Å². The first-order valence-electron chi connectivity index (χ1n) is 11.1. The lowest BCUT2D eigenvalue weighted by atomic mass is 9.49. The molecule has 0 radical (unpaired) electrons. The average Bonchev–Trinajstić information content (AvgIpc) is 2.74. The number of allylic oxidation sites excluding steroid dienone is 1. The monoisotopic (exact) mass is 401 g/mol. The Morgan fingerprint density at radius 1 is 1.28 bits per heavy atom. The van der Waals surface area contributed by atoms with Crippen molar-refractivity contribution >= 4 is 5.69 Å². The number of hydrogen-bond acceptors (Lipinski definition) is 4. The summed E-state index contributed by atoms with van der Waals surface area (Å²) in [4.78, 5) is 3.86. The van der Waals surface area contributed by atoms with E-state index in [4.69, 9.17) is 9.47 Å². The third-order valence-electron chi connectivity index (χ3n) is 7.57. The van der Waals surface area contributed by atoms with Crippen molar-refractivity contribution in [2.45, 2.75) is 32.8 Å². The van der Waals surface area contributed by atoms with Gasteiger partial charge in [0.05, 0.1) is 46.5 Å². The largest absolute Gasteiger partial charge is 0.497 e. The Hall–Kier alpha value is -1.56. The summed E-state index contributed by atoms with van der Waals surface area (Å²) in [5.74, 6) is 2.45. The van der Waals surface area contributed by atoms with Crippen LogP contribution in [0.5, 0.6) is 5.75 Å². The van der Waals surface area contributed by atoms with Crippen molar-refractivity contribution in [3.05, 3.63) is 35.9 Å². The zero-order chi connectivity index (χ0) is 20.4. The van der Waals surface area contributed by atoms with E-state index in [1.807, 2.05) is 12.1 Å². The van der Waals surface area contributed by atoms with Crippen LogP contribution in [0.3, 0.4) is 0 Å². The van der Waals surface area contributed by atoms with Gasteiger partial charge < -0.3 is 24.4 Å². The molecule has 0 unspecified atom stereocenters. The standard InChI is InChI=1S/C24H36N2O3/c1-24(2)19-8-7-18(23(24)13-19)16-29-17-21(27)15-25-9-11-26(12-10-25)20-5-4-6-22(14-20)28-3/h4-7,14,19,21,23,27H,8-13,15-17H2,1-3H3/p+1/t19-,21+,23-/m1/s1. The number of anilines is 1. The number of aliphatic hydroxyl groups excluding tert-OH is 1. The molecule has 1 aromatic carbocycles. The van der Waals surface area contributed by atoms with Gasteiger partial charge in [0.25, 0.3) is 0 Å². The molecule has 5 heteroatoms. The zero-order valence-electron chi connectivity index (χ0n) is 18.2. The Morgan fingerprint density at radius 2 is 2.07 bits per heavy atom. The minimum Gasteiger partial charge on any atom is -0.497 e. The molecule has 5 rings (SSSR count). The first kappa shape index (κ1) is 20.7. The number of ether oxygens (including phenoxy) is 2. The van der Waals surface area contributed by atoms with E-state index >= 15 is 0 Å². The lowest BCUT2D eigenvalue weighted by Crippen LogP contribution is -3.16. The Bertz CT molecular complexity index is 725. The molecule has 3 atom stereocenters. The van der Waals surface area contributed by atoms with E-state index in [1.54, 1.807) is 7.11 Å². The minimum atomic E-state index is -0.389. The van der Waals surface area contributed by atoms with Crippen LogP contribution in [0.15, 0.2) is 35.9 Å². The number of methoxy groups -OCH3 is 1. The number of rotatable bonds is 8. The second-order valence-electron chi connectivity index (χ2n) is 9.63. The molecule has 5 nitrogen and oxygen atoms in total. The lowest BCUT2D eigenvalue weighted by Gasteiger charge is -2.56. The predicted octanol–water partition coefficient (Wildman–Crippen LogP) is 1.77. The van der Waals surface area contributed by atoms with Crippen LogP contribution in [0.4, 0.5) is 5.69 Å². The molecule has 0 amide bonds. The highest BCUT2D eigenvalue weighted by Crippen LogP contribution is 2.59. The third-order valence-corrected chi connectivity index (χ3v) is 7.57. The number of hydrogen-bond donors (Lipinski definition) is 2. The SMILES string of the molecule is COc1cccc(N2CC[NH+](C[C@H](O)COCC3=CC[C@@H]4C[C@H]3C4(C)C)CC2)c1. The number of fused-ring (bicyclic) bond motifs is 1. The maximum absolute atomic E-state index is 10.5. The summed E-state index contributed by atoms with van der Waals surface area (Å²) in [7, 11) is 1.71. The van der Waals surface area contributed by atoms with Crippen molar-refractivity contribution < 1.29 is 19.5 Å². The van der Waals surface area contributed by atoms with E-state index in [9.17, 15) is 5.11 Å². The summed E-state index contributed by atoms with van der Waals surface area (Å²) in [5, 5.41) is 10.5. The van der Waals surface area contributed by atoms with Gasteiger partial charge in [0.2, 0.25) is 0 Å². The number of quaternary nitrogens is 1. The minimum absolute atomic E-state index is 0.389. The van der Waals surface area contributed by atoms with Crippen LogP contribution in [-0.2, 0) is 4.74 Å². The second-order valence-corrected chi connectivity index (χ2v) is 9.63. The van der Waals surface area contributed by atoms with Crippen LogP contribution in [0, 0.1) is 17.3 Å². The normalized spacial score (nSPS) is 27.2. The molecule has 3 aliphatic carbocycles. The Morgan fingerprint density at radius 3 is 2.76 bits per heavy atom. The first-order chi connectivity index (χ1) is 14.0. The molecular weight excluding hydrogens is 364 g/mol. The fraction of sp³-hybridized carbons (Fsp3) is 0.667. The van der Waals surface area contributed by atoms with Gasteiger partial charge in [-0.05, 0) is 47.8 Å². The van der Waals surface area contributed by atoms with Crippen molar-refractivity contribution in [2.75, 3.05) is 57.9 Å². The van der Waals surface area contributed by atoms with Crippen LogP contribution in [0.25, 0.3) is 0 Å². The highest BCUT2D eigenvalue weighted by Gasteiger charge is 2.50. The van der Waals surface area contributed by atoms with Crippen LogP contribution in [0.1, 0.15) is 26.7 Å². The van der Waals surface area contributed by atoms with Crippen molar-refractivity contribution in [1.82, 2.24) is 0 Å². The van der Waals surface area contributed by atoms with E-state index < -0.39 is 0 Å². The topological polar surface area (TPSA) is 46.4 Å². The molecule has 2 bridgehead atoms. The van der Waals surface area contributed by atoms with Gasteiger partial charge in [0, 0.05) is 11.8 Å². The summed E-state index contributed by atoms with van der Waals surface area (Å²) in [6.07, 6.45) is 4.53. The molecular formula is C24H37N2O3+. The Labute approximate surface area is 175 Å².